The molecule has 2 aromatic carbocycles. The predicted molar refractivity (Wildman–Crippen MR) is 74.4 cm³/mol. The van der Waals surface area contributed by atoms with Crippen molar-refractivity contribution in [1.82, 2.24) is 4.57 Å². The fourth-order valence-electron chi connectivity index (χ4n) is 2.35. The Morgan fingerprint density at radius 2 is 1.95 bits per heavy atom. The summed E-state index contributed by atoms with van der Waals surface area (Å²) in [5.41, 5.74) is 1.72. The van der Waals surface area contributed by atoms with E-state index in [2.05, 4.69) is 0 Å². The number of fused-ring (bicyclic) bond motifs is 1. The van der Waals surface area contributed by atoms with Crippen LogP contribution in [0.2, 0.25) is 0 Å². The molecule has 1 heterocycles. The molecule has 100 valence electrons. The first kappa shape index (κ1) is 12.4. The molecule has 3 aromatic rings. The van der Waals surface area contributed by atoms with Crippen molar-refractivity contribution in [3.8, 4) is 0 Å². The largest absolute Gasteiger partial charge is 0.478 e. The van der Waals surface area contributed by atoms with Crippen molar-refractivity contribution in [2.24, 2.45) is 0 Å². The van der Waals surface area contributed by atoms with E-state index in [9.17, 15) is 14.3 Å². The monoisotopic (exact) mass is 269 g/mol. The van der Waals surface area contributed by atoms with Crippen LogP contribution in [-0.2, 0) is 6.54 Å². The van der Waals surface area contributed by atoms with Gasteiger partial charge in [0, 0.05) is 12.7 Å². The maximum Gasteiger partial charge on any atom is 0.336 e. The Morgan fingerprint density at radius 3 is 2.75 bits per heavy atom. The van der Waals surface area contributed by atoms with Gasteiger partial charge in [-0.1, -0.05) is 18.2 Å². The number of carboxylic acids is 1. The molecule has 0 atom stereocenters. The average Bonchev–Trinajstić information content (AvgIpc) is 2.82. The molecule has 4 heteroatoms. The summed E-state index contributed by atoms with van der Waals surface area (Å²) < 4.78 is 15.2. The van der Waals surface area contributed by atoms with Gasteiger partial charge in [-0.05, 0) is 41.3 Å². The van der Waals surface area contributed by atoms with Crippen LogP contribution in [0.4, 0.5) is 4.39 Å². The van der Waals surface area contributed by atoms with Gasteiger partial charge in [-0.25, -0.2) is 9.18 Å². The smallest absolute Gasteiger partial charge is 0.336 e. The highest BCUT2D eigenvalue weighted by molar-refractivity contribution is 5.89. The molecule has 0 unspecified atom stereocenters. The minimum atomic E-state index is -0.955. The van der Waals surface area contributed by atoms with E-state index in [-0.39, 0.29) is 11.4 Å². The molecule has 3 rings (SSSR count). The molecule has 1 N–H and O–H groups in total. The molecule has 0 bridgehead atoms. The van der Waals surface area contributed by atoms with Gasteiger partial charge >= 0.3 is 5.97 Å². The van der Waals surface area contributed by atoms with Gasteiger partial charge in [0.25, 0.3) is 0 Å². The summed E-state index contributed by atoms with van der Waals surface area (Å²) >= 11 is 0. The third kappa shape index (κ3) is 2.16. The van der Waals surface area contributed by atoms with Crippen LogP contribution in [0.5, 0.6) is 0 Å². The zero-order valence-electron chi connectivity index (χ0n) is 10.6. The van der Waals surface area contributed by atoms with Gasteiger partial charge in [-0.2, -0.15) is 0 Å². The van der Waals surface area contributed by atoms with Crippen molar-refractivity contribution in [2.75, 3.05) is 0 Å². The molecule has 0 saturated carbocycles. The summed E-state index contributed by atoms with van der Waals surface area (Å²) in [5.74, 6) is -1.26. The van der Waals surface area contributed by atoms with Crippen LogP contribution in [0, 0.1) is 5.82 Å². The first-order valence-corrected chi connectivity index (χ1v) is 6.21. The van der Waals surface area contributed by atoms with E-state index < -0.39 is 5.97 Å². The topological polar surface area (TPSA) is 42.2 Å². The number of rotatable bonds is 3. The zero-order valence-corrected chi connectivity index (χ0v) is 10.6. The number of hydrogen-bond acceptors (Lipinski definition) is 1. The van der Waals surface area contributed by atoms with Gasteiger partial charge in [0.15, 0.2) is 0 Å². The highest BCUT2D eigenvalue weighted by Crippen LogP contribution is 2.19. The fraction of sp³-hybridized carbons (Fsp3) is 0.0625. The lowest BCUT2D eigenvalue weighted by Gasteiger charge is -2.08. The van der Waals surface area contributed by atoms with Gasteiger partial charge in [-0.15, -0.1) is 0 Å². The van der Waals surface area contributed by atoms with Crippen molar-refractivity contribution < 1.29 is 14.3 Å². The van der Waals surface area contributed by atoms with Crippen molar-refractivity contribution in [2.45, 2.75) is 6.54 Å². The second-order valence-corrected chi connectivity index (χ2v) is 4.61. The number of aromatic nitrogens is 1. The second-order valence-electron chi connectivity index (χ2n) is 4.61. The van der Waals surface area contributed by atoms with E-state index in [1.54, 1.807) is 30.3 Å². The summed E-state index contributed by atoms with van der Waals surface area (Å²) in [6, 6.07) is 13.3. The van der Waals surface area contributed by atoms with Crippen molar-refractivity contribution in [1.29, 1.82) is 0 Å². The van der Waals surface area contributed by atoms with Gasteiger partial charge in [-0.3, -0.25) is 0 Å². The molecular formula is C16H12FNO2. The third-order valence-electron chi connectivity index (χ3n) is 3.32. The molecule has 3 nitrogen and oxygen atoms in total. The molecule has 0 radical (unpaired) electrons. The number of carbonyl (C=O) groups is 1. The standard InChI is InChI=1S/C16H12FNO2/c17-13-6-5-11-7-8-18(15(11)9-13)10-12-3-1-2-4-14(12)16(19)20/h1-9H,10H2,(H,19,20). The Morgan fingerprint density at radius 1 is 1.15 bits per heavy atom. The summed E-state index contributed by atoms with van der Waals surface area (Å²) in [7, 11) is 0. The van der Waals surface area contributed by atoms with E-state index >= 15 is 0 Å². The summed E-state index contributed by atoms with van der Waals surface area (Å²) in [6.45, 7) is 0.398. The lowest BCUT2D eigenvalue weighted by Crippen LogP contribution is -2.06. The molecule has 20 heavy (non-hydrogen) atoms. The van der Waals surface area contributed by atoms with Crippen LogP contribution in [0.25, 0.3) is 10.9 Å². The lowest BCUT2D eigenvalue weighted by atomic mass is 10.1. The maximum atomic E-state index is 13.3. The minimum Gasteiger partial charge on any atom is -0.478 e. The predicted octanol–water partition coefficient (Wildman–Crippen LogP) is 3.53. The number of aromatic carboxylic acids is 1. The quantitative estimate of drug-likeness (QED) is 0.790. The van der Waals surface area contributed by atoms with Crippen LogP contribution < -0.4 is 0 Å². The third-order valence-corrected chi connectivity index (χ3v) is 3.32. The number of nitrogens with zero attached hydrogens (tertiary/aromatic N) is 1. The van der Waals surface area contributed by atoms with E-state index in [4.69, 9.17) is 0 Å². The number of benzene rings is 2. The first-order valence-electron chi connectivity index (χ1n) is 6.21. The van der Waals surface area contributed by atoms with Crippen LogP contribution in [0.15, 0.2) is 54.7 Å². The molecule has 0 aliphatic heterocycles. The lowest BCUT2D eigenvalue weighted by molar-refractivity contribution is 0.0695. The fourth-order valence-corrected chi connectivity index (χ4v) is 2.35. The Kier molecular flexibility index (Phi) is 2.99. The number of halogens is 1. The molecule has 0 spiro atoms. The number of hydrogen-bond donors (Lipinski definition) is 1. The van der Waals surface area contributed by atoms with E-state index in [1.165, 1.54) is 12.1 Å². The highest BCUT2D eigenvalue weighted by Gasteiger charge is 2.10. The van der Waals surface area contributed by atoms with Crippen LogP contribution in [0.1, 0.15) is 15.9 Å². The molecule has 0 fully saturated rings. The van der Waals surface area contributed by atoms with Crippen LogP contribution >= 0.6 is 0 Å². The summed E-state index contributed by atoms with van der Waals surface area (Å²) in [5, 5.41) is 10.1. The zero-order chi connectivity index (χ0) is 14.1. The molecule has 1 aromatic heterocycles. The minimum absolute atomic E-state index is 0.269. The van der Waals surface area contributed by atoms with Crippen LogP contribution in [0.3, 0.4) is 0 Å². The summed E-state index contributed by atoms with van der Waals surface area (Å²) in [4.78, 5) is 11.2. The summed E-state index contributed by atoms with van der Waals surface area (Å²) in [6.07, 6.45) is 1.84. The Bertz CT molecular complexity index is 792. The molecule has 0 amide bonds. The molecule has 0 aliphatic rings. The normalized spacial score (nSPS) is 10.8. The van der Waals surface area contributed by atoms with Gasteiger partial charge in [0.05, 0.1) is 11.1 Å². The SMILES string of the molecule is O=C(O)c1ccccc1Cn1ccc2ccc(F)cc21. The van der Waals surface area contributed by atoms with Crippen molar-refractivity contribution in [3.63, 3.8) is 0 Å². The van der Waals surface area contributed by atoms with Gasteiger partial charge in [0.1, 0.15) is 5.82 Å². The van der Waals surface area contributed by atoms with E-state index in [0.717, 1.165) is 10.9 Å². The average molecular weight is 269 g/mol. The molecule has 0 aliphatic carbocycles. The Labute approximate surface area is 114 Å². The second kappa shape index (κ2) is 4.81. The van der Waals surface area contributed by atoms with Gasteiger partial charge < -0.3 is 9.67 Å². The first-order chi connectivity index (χ1) is 9.65. The Hall–Kier alpha value is -2.62. The van der Waals surface area contributed by atoms with Crippen molar-refractivity contribution in [3.05, 3.63) is 71.7 Å². The Balaban J connectivity index is 2.06. The van der Waals surface area contributed by atoms with Crippen molar-refractivity contribution >= 4 is 16.9 Å². The molecule has 0 saturated heterocycles. The highest BCUT2D eigenvalue weighted by atomic mass is 19.1. The van der Waals surface area contributed by atoms with Gasteiger partial charge in [0.2, 0.25) is 0 Å². The molecular weight excluding hydrogens is 257 g/mol. The van der Waals surface area contributed by atoms with E-state index in [1.807, 2.05) is 16.8 Å². The maximum absolute atomic E-state index is 13.3. The number of carboxylic acid groups (broad SMARTS) is 1. The van der Waals surface area contributed by atoms with E-state index in [0.29, 0.717) is 12.1 Å². The van der Waals surface area contributed by atoms with Crippen LogP contribution in [-0.4, -0.2) is 15.6 Å².